The van der Waals surface area contributed by atoms with Crippen LogP contribution in [-0.2, 0) is 17.6 Å². The largest absolute Gasteiger partial charge is 0.493 e. The molecule has 10 heteroatoms. The number of piperidine rings is 1. The van der Waals surface area contributed by atoms with Crippen LogP contribution >= 0.6 is 0 Å². The van der Waals surface area contributed by atoms with Crippen molar-refractivity contribution in [3.05, 3.63) is 41.5 Å². The van der Waals surface area contributed by atoms with E-state index in [1.165, 1.54) is 13.2 Å². The number of carbonyl (C=O) groups excluding carboxylic acids is 1. The van der Waals surface area contributed by atoms with Gasteiger partial charge in [-0.2, -0.15) is 13.2 Å². The lowest BCUT2D eigenvalue weighted by molar-refractivity contribution is -0.153. The quantitative estimate of drug-likeness (QED) is 0.499. The Morgan fingerprint density at radius 1 is 0.944 bits per heavy atom. The van der Waals surface area contributed by atoms with Crippen molar-refractivity contribution in [3.8, 4) is 23.0 Å². The van der Waals surface area contributed by atoms with Crippen molar-refractivity contribution in [1.82, 2.24) is 4.90 Å². The van der Waals surface area contributed by atoms with E-state index in [9.17, 15) is 18.0 Å². The average Bonchev–Trinajstić information content (AvgIpc) is 2.85. The molecule has 1 amide bonds. The van der Waals surface area contributed by atoms with E-state index in [1.54, 1.807) is 26.4 Å². The van der Waals surface area contributed by atoms with Crippen molar-refractivity contribution in [1.29, 1.82) is 0 Å². The van der Waals surface area contributed by atoms with Crippen molar-refractivity contribution in [2.75, 3.05) is 53.4 Å². The molecule has 0 bridgehead atoms. The molecule has 7 nitrogen and oxygen atoms in total. The Hall–Kier alpha value is -3.14. The number of nitrogens with one attached hydrogen (secondary N) is 1. The van der Waals surface area contributed by atoms with Gasteiger partial charge in [0.1, 0.15) is 5.75 Å². The Labute approximate surface area is 209 Å². The fourth-order valence-electron chi connectivity index (χ4n) is 4.19. The number of hydrogen-bond acceptors (Lipinski definition) is 6. The number of anilines is 1. The first-order chi connectivity index (χ1) is 17.1. The number of nitrogens with zero attached hydrogens (tertiary/aromatic N) is 1. The summed E-state index contributed by atoms with van der Waals surface area (Å²) >= 11 is 0. The molecule has 3 rings (SSSR count). The van der Waals surface area contributed by atoms with Gasteiger partial charge >= 0.3 is 6.18 Å². The monoisotopic (exact) mass is 510 g/mol. The van der Waals surface area contributed by atoms with Crippen LogP contribution < -0.4 is 24.3 Å². The first-order valence-electron chi connectivity index (χ1n) is 11.7. The normalized spacial score (nSPS) is 14.9. The summed E-state index contributed by atoms with van der Waals surface area (Å²) in [6, 6.07) is 8.56. The molecule has 0 spiro atoms. The first kappa shape index (κ1) is 27.4. The first-order valence-corrected chi connectivity index (χ1v) is 11.7. The maximum absolute atomic E-state index is 12.9. The van der Waals surface area contributed by atoms with Gasteiger partial charge in [0.2, 0.25) is 11.7 Å². The van der Waals surface area contributed by atoms with Gasteiger partial charge in [-0.05, 0) is 81.2 Å². The lowest BCUT2D eigenvalue weighted by atomic mass is 9.96. The summed E-state index contributed by atoms with van der Waals surface area (Å²) in [5.74, 6) is 1.16. The SMILES string of the molecule is COc1cc(CCc2ccc(OCC(F)(F)F)c(NC(=O)C3CCN(C)CC3)c2)cc(OC)c1OC. The highest BCUT2D eigenvalue weighted by Gasteiger charge is 2.29. The number of methoxy groups -OCH3 is 3. The van der Waals surface area contributed by atoms with Crippen molar-refractivity contribution in [2.24, 2.45) is 5.92 Å². The van der Waals surface area contributed by atoms with Crippen LogP contribution in [0, 0.1) is 5.92 Å². The summed E-state index contributed by atoms with van der Waals surface area (Å²) in [7, 11) is 6.61. The molecule has 0 radical (unpaired) electrons. The standard InChI is InChI=1S/C26H33F3N2O5/c1-31-11-9-19(10-12-31)25(32)30-20-13-17(7-8-21(20)36-16-26(27,28)29)5-6-18-14-22(33-2)24(35-4)23(15-18)34-3/h7-8,13-15,19H,5-6,9-12,16H2,1-4H3,(H,30,32). The fraction of sp³-hybridized carbons (Fsp3) is 0.500. The molecule has 2 aromatic rings. The minimum atomic E-state index is -4.49. The Morgan fingerprint density at radius 2 is 1.56 bits per heavy atom. The van der Waals surface area contributed by atoms with Crippen molar-refractivity contribution in [3.63, 3.8) is 0 Å². The summed E-state index contributed by atoms with van der Waals surface area (Å²) in [6.45, 7) is 0.156. The zero-order valence-electron chi connectivity index (χ0n) is 21.0. The van der Waals surface area contributed by atoms with E-state index in [1.807, 2.05) is 19.2 Å². The van der Waals surface area contributed by atoms with Crippen LogP contribution in [0.4, 0.5) is 18.9 Å². The number of alkyl halides is 3. The summed E-state index contributed by atoms with van der Waals surface area (Å²) in [6.07, 6.45) is -1.93. The average molecular weight is 511 g/mol. The molecule has 2 aromatic carbocycles. The molecule has 1 saturated heterocycles. The van der Waals surface area contributed by atoms with Crippen LogP contribution in [0.3, 0.4) is 0 Å². The molecule has 198 valence electrons. The lowest BCUT2D eigenvalue weighted by Gasteiger charge is -2.28. The highest BCUT2D eigenvalue weighted by atomic mass is 19.4. The van der Waals surface area contributed by atoms with Crippen molar-refractivity contribution >= 4 is 11.6 Å². The van der Waals surface area contributed by atoms with Gasteiger partial charge in [0, 0.05) is 5.92 Å². The molecule has 0 aromatic heterocycles. The Morgan fingerprint density at radius 3 is 2.11 bits per heavy atom. The molecule has 0 atom stereocenters. The van der Waals surface area contributed by atoms with Crippen LogP contribution in [0.5, 0.6) is 23.0 Å². The van der Waals surface area contributed by atoms with E-state index >= 15 is 0 Å². The van der Waals surface area contributed by atoms with Gasteiger partial charge in [0.05, 0.1) is 27.0 Å². The van der Waals surface area contributed by atoms with Gasteiger partial charge in [0.15, 0.2) is 18.1 Å². The Kier molecular flexibility index (Phi) is 9.31. The Balaban J connectivity index is 1.79. The molecule has 1 aliphatic heterocycles. The fourth-order valence-corrected chi connectivity index (χ4v) is 4.19. The number of rotatable bonds is 10. The third-order valence-electron chi connectivity index (χ3n) is 6.21. The second-order valence-corrected chi connectivity index (χ2v) is 8.83. The number of carbonyl (C=O) groups is 1. The number of aryl methyl sites for hydroxylation is 2. The molecular formula is C26H33F3N2O5. The summed E-state index contributed by atoms with van der Waals surface area (Å²) in [4.78, 5) is 15.0. The van der Waals surface area contributed by atoms with E-state index in [2.05, 4.69) is 10.2 Å². The maximum Gasteiger partial charge on any atom is 0.422 e. The van der Waals surface area contributed by atoms with E-state index in [4.69, 9.17) is 18.9 Å². The Bertz CT molecular complexity index is 1010. The van der Waals surface area contributed by atoms with Crippen LogP contribution in [-0.4, -0.2) is 65.1 Å². The summed E-state index contributed by atoms with van der Waals surface area (Å²) < 4.78 is 59.5. The van der Waals surface area contributed by atoms with Crippen LogP contribution in [0.1, 0.15) is 24.0 Å². The molecule has 0 unspecified atom stereocenters. The second kappa shape index (κ2) is 12.2. The third kappa shape index (κ3) is 7.43. The molecule has 36 heavy (non-hydrogen) atoms. The minimum absolute atomic E-state index is 0.00913. The summed E-state index contributed by atoms with van der Waals surface area (Å²) in [5, 5.41) is 2.82. The van der Waals surface area contributed by atoms with Crippen LogP contribution in [0.25, 0.3) is 0 Å². The molecule has 1 N–H and O–H groups in total. The van der Waals surface area contributed by atoms with Gasteiger partial charge < -0.3 is 29.2 Å². The highest BCUT2D eigenvalue weighted by Crippen LogP contribution is 2.38. The van der Waals surface area contributed by atoms with Crippen LogP contribution in [0.2, 0.25) is 0 Å². The van der Waals surface area contributed by atoms with E-state index in [-0.39, 0.29) is 23.3 Å². The van der Waals surface area contributed by atoms with Crippen molar-refractivity contribution < 1.29 is 36.9 Å². The van der Waals surface area contributed by atoms with E-state index in [0.29, 0.717) is 42.9 Å². The predicted molar refractivity (Wildman–Crippen MR) is 130 cm³/mol. The second-order valence-electron chi connectivity index (χ2n) is 8.83. The van der Waals surface area contributed by atoms with E-state index < -0.39 is 12.8 Å². The molecule has 1 aliphatic rings. The van der Waals surface area contributed by atoms with E-state index in [0.717, 1.165) is 24.2 Å². The number of likely N-dealkylation sites (tertiary alicyclic amines) is 1. The summed E-state index contributed by atoms with van der Waals surface area (Å²) in [5.41, 5.74) is 2.01. The zero-order valence-corrected chi connectivity index (χ0v) is 21.0. The smallest absolute Gasteiger partial charge is 0.422 e. The molecular weight excluding hydrogens is 477 g/mol. The van der Waals surface area contributed by atoms with Gasteiger partial charge in [-0.25, -0.2) is 0 Å². The number of benzene rings is 2. The number of hydrogen-bond donors (Lipinski definition) is 1. The van der Waals surface area contributed by atoms with Crippen LogP contribution in [0.15, 0.2) is 30.3 Å². The number of amides is 1. The highest BCUT2D eigenvalue weighted by molar-refractivity contribution is 5.94. The number of ether oxygens (including phenoxy) is 4. The molecule has 1 heterocycles. The van der Waals surface area contributed by atoms with Gasteiger partial charge in [-0.3, -0.25) is 4.79 Å². The molecule has 0 saturated carbocycles. The zero-order chi connectivity index (χ0) is 26.3. The van der Waals surface area contributed by atoms with Gasteiger partial charge in [0.25, 0.3) is 0 Å². The maximum atomic E-state index is 12.9. The molecule has 0 aliphatic carbocycles. The third-order valence-corrected chi connectivity index (χ3v) is 6.21. The van der Waals surface area contributed by atoms with Gasteiger partial charge in [-0.1, -0.05) is 6.07 Å². The lowest BCUT2D eigenvalue weighted by Crippen LogP contribution is -2.36. The van der Waals surface area contributed by atoms with Gasteiger partial charge in [-0.15, -0.1) is 0 Å². The molecule has 1 fully saturated rings. The topological polar surface area (TPSA) is 69.3 Å². The number of halogens is 3. The minimum Gasteiger partial charge on any atom is -0.493 e. The predicted octanol–water partition coefficient (Wildman–Crippen LogP) is 4.72. The van der Waals surface area contributed by atoms with Crippen molar-refractivity contribution in [2.45, 2.75) is 31.9 Å².